The number of nitrogens with one attached hydrogen (secondary N) is 1. The quantitative estimate of drug-likeness (QED) is 0.474. The van der Waals surface area contributed by atoms with E-state index in [2.05, 4.69) is 10.1 Å². The van der Waals surface area contributed by atoms with Gasteiger partial charge in [0, 0.05) is 11.4 Å². The number of benzene rings is 1. The predicted octanol–water partition coefficient (Wildman–Crippen LogP) is 2.81. The van der Waals surface area contributed by atoms with E-state index in [1.165, 1.54) is 31.0 Å². The van der Waals surface area contributed by atoms with Crippen LogP contribution in [0.15, 0.2) is 12.1 Å². The minimum absolute atomic E-state index is 0.189. The largest absolute Gasteiger partial charge is 0.469 e. The average molecular weight is 337 g/mol. The van der Waals surface area contributed by atoms with E-state index in [0.717, 1.165) is 0 Å². The van der Waals surface area contributed by atoms with Crippen molar-refractivity contribution in [1.29, 1.82) is 0 Å². The maximum absolute atomic E-state index is 11.7. The van der Waals surface area contributed by atoms with Crippen LogP contribution in [0.3, 0.4) is 0 Å². The van der Waals surface area contributed by atoms with E-state index in [4.69, 9.17) is 28.9 Å². The molecule has 1 aromatic carbocycles. The number of halogens is 2. The van der Waals surface area contributed by atoms with Gasteiger partial charge in [0.2, 0.25) is 5.91 Å². The zero-order valence-corrected chi connectivity index (χ0v) is 13.1. The number of hydrogen-bond donors (Lipinski definition) is 2. The fourth-order valence-electron chi connectivity index (χ4n) is 1.31. The molecular formula is C12H14Cl2N2O3S. The highest BCUT2D eigenvalue weighted by atomic mass is 35.5. The summed E-state index contributed by atoms with van der Waals surface area (Å²) in [7, 11) is 1.32. The van der Waals surface area contributed by atoms with Gasteiger partial charge in [0.15, 0.2) is 0 Å². The molecule has 0 atom stereocenters. The summed E-state index contributed by atoms with van der Waals surface area (Å²) >= 11 is 13.2. The highest BCUT2D eigenvalue weighted by Gasteiger charge is 2.11. The molecule has 0 fully saturated rings. The van der Waals surface area contributed by atoms with E-state index in [9.17, 15) is 9.59 Å². The van der Waals surface area contributed by atoms with E-state index >= 15 is 0 Å². The molecule has 0 saturated carbocycles. The highest BCUT2D eigenvalue weighted by molar-refractivity contribution is 7.99. The molecule has 0 aliphatic carbocycles. The Balaban J connectivity index is 2.45. The number of amides is 1. The highest BCUT2D eigenvalue weighted by Crippen LogP contribution is 2.32. The molecule has 3 N–H and O–H groups in total. The third-order valence-electron chi connectivity index (χ3n) is 2.24. The smallest absolute Gasteiger partial charge is 0.306 e. The molecule has 0 unspecified atom stereocenters. The zero-order valence-electron chi connectivity index (χ0n) is 10.7. The lowest BCUT2D eigenvalue weighted by molar-refractivity contribution is -0.140. The first-order chi connectivity index (χ1) is 9.43. The number of hydrogen-bond acceptors (Lipinski definition) is 5. The number of ether oxygens (including phenoxy) is 1. The maximum Gasteiger partial charge on any atom is 0.306 e. The number of thioether (sulfide) groups is 1. The van der Waals surface area contributed by atoms with Gasteiger partial charge in [0.1, 0.15) is 0 Å². The maximum atomic E-state index is 11.7. The Bertz CT molecular complexity index is 488. The lowest BCUT2D eigenvalue weighted by atomic mass is 10.3. The topological polar surface area (TPSA) is 81.4 Å². The molecule has 1 aromatic rings. The molecule has 0 bridgehead atoms. The Labute approximate surface area is 131 Å². The second kappa shape index (κ2) is 8.24. The molecule has 110 valence electrons. The van der Waals surface area contributed by atoms with Crippen LogP contribution >= 0.6 is 35.0 Å². The van der Waals surface area contributed by atoms with Crippen LogP contribution in [0.5, 0.6) is 0 Å². The number of rotatable bonds is 6. The lowest BCUT2D eigenvalue weighted by Crippen LogP contribution is -2.15. The molecular weight excluding hydrogens is 323 g/mol. The Morgan fingerprint density at radius 1 is 1.35 bits per heavy atom. The first kappa shape index (κ1) is 16.9. The summed E-state index contributed by atoms with van der Waals surface area (Å²) in [6, 6.07) is 3.01. The van der Waals surface area contributed by atoms with Crippen LogP contribution in [-0.4, -0.2) is 30.5 Å². The van der Waals surface area contributed by atoms with E-state index < -0.39 is 0 Å². The van der Waals surface area contributed by atoms with Crippen LogP contribution in [-0.2, 0) is 14.3 Å². The number of anilines is 2. The average Bonchev–Trinajstić information content (AvgIpc) is 2.38. The third-order valence-corrected chi connectivity index (χ3v) is 3.80. The number of carbonyl (C=O) groups excluding carboxylic acids is 2. The first-order valence-electron chi connectivity index (χ1n) is 5.63. The van der Waals surface area contributed by atoms with Gasteiger partial charge in [0.25, 0.3) is 0 Å². The van der Waals surface area contributed by atoms with Crippen molar-refractivity contribution < 1.29 is 14.3 Å². The molecule has 1 rings (SSSR count). The van der Waals surface area contributed by atoms with Gasteiger partial charge in [-0.15, -0.1) is 0 Å². The standard InChI is InChI=1S/C12H14Cl2N2O3S/c1-19-11(18)2-3-20-6-10(17)16-12-8(13)4-7(15)5-9(12)14/h4-5H,2-3,6,15H2,1H3,(H,16,17). The van der Waals surface area contributed by atoms with Crippen molar-refractivity contribution in [2.24, 2.45) is 0 Å². The van der Waals surface area contributed by atoms with Gasteiger partial charge in [-0.3, -0.25) is 9.59 Å². The lowest BCUT2D eigenvalue weighted by Gasteiger charge is -2.10. The van der Waals surface area contributed by atoms with Gasteiger partial charge in [0.05, 0.1) is 35.0 Å². The van der Waals surface area contributed by atoms with E-state index in [1.807, 2.05) is 0 Å². The van der Waals surface area contributed by atoms with E-state index in [0.29, 0.717) is 17.1 Å². The minimum Gasteiger partial charge on any atom is -0.469 e. The Morgan fingerprint density at radius 2 is 1.95 bits per heavy atom. The van der Waals surface area contributed by atoms with E-state index in [-0.39, 0.29) is 34.1 Å². The fraction of sp³-hybridized carbons (Fsp3) is 0.333. The van der Waals surface area contributed by atoms with Crippen LogP contribution in [0.25, 0.3) is 0 Å². The van der Waals surface area contributed by atoms with Crippen molar-refractivity contribution in [3.63, 3.8) is 0 Å². The van der Waals surface area contributed by atoms with Crippen molar-refractivity contribution in [2.45, 2.75) is 6.42 Å². The van der Waals surface area contributed by atoms with Gasteiger partial charge in [-0.2, -0.15) is 11.8 Å². The van der Waals surface area contributed by atoms with Gasteiger partial charge in [-0.25, -0.2) is 0 Å². The molecule has 0 saturated heterocycles. The molecule has 0 aliphatic rings. The minimum atomic E-state index is -0.303. The molecule has 0 spiro atoms. The molecule has 0 aromatic heterocycles. The third kappa shape index (κ3) is 5.48. The molecule has 5 nitrogen and oxygen atoms in total. The van der Waals surface area contributed by atoms with Crippen LogP contribution in [0.1, 0.15) is 6.42 Å². The van der Waals surface area contributed by atoms with Gasteiger partial charge in [-0.05, 0) is 12.1 Å². The summed E-state index contributed by atoms with van der Waals surface area (Å²) in [6.07, 6.45) is 0.262. The van der Waals surface area contributed by atoms with Crippen molar-refractivity contribution >= 4 is 58.2 Å². The summed E-state index contributed by atoms with van der Waals surface area (Å²) in [4.78, 5) is 22.6. The summed E-state index contributed by atoms with van der Waals surface area (Å²) < 4.78 is 4.50. The summed E-state index contributed by atoms with van der Waals surface area (Å²) in [5.74, 6) is 0.133. The molecule has 20 heavy (non-hydrogen) atoms. The normalized spacial score (nSPS) is 10.2. The molecule has 0 aliphatic heterocycles. The monoisotopic (exact) mass is 336 g/mol. The summed E-state index contributed by atoms with van der Waals surface area (Å²) in [6.45, 7) is 0. The van der Waals surface area contributed by atoms with Gasteiger partial charge in [-0.1, -0.05) is 23.2 Å². The number of nitrogens with two attached hydrogens (primary N) is 1. The summed E-state index contributed by atoms with van der Waals surface area (Å²) in [5.41, 5.74) is 6.33. The van der Waals surface area contributed by atoms with Crippen LogP contribution in [0.4, 0.5) is 11.4 Å². The molecule has 0 heterocycles. The van der Waals surface area contributed by atoms with Crippen molar-refractivity contribution in [3.8, 4) is 0 Å². The molecule has 8 heteroatoms. The van der Waals surface area contributed by atoms with Crippen LogP contribution in [0.2, 0.25) is 10.0 Å². The van der Waals surface area contributed by atoms with Crippen LogP contribution in [0, 0.1) is 0 Å². The second-order valence-electron chi connectivity index (χ2n) is 3.79. The number of esters is 1. The zero-order chi connectivity index (χ0) is 15.1. The number of carbonyl (C=O) groups is 2. The SMILES string of the molecule is COC(=O)CCSCC(=O)Nc1c(Cl)cc(N)cc1Cl. The number of nitrogen functional groups attached to an aromatic ring is 1. The van der Waals surface area contributed by atoms with Crippen molar-refractivity contribution in [3.05, 3.63) is 22.2 Å². The Hall–Kier alpha value is -1.11. The molecule has 1 amide bonds. The Morgan fingerprint density at radius 3 is 2.50 bits per heavy atom. The molecule has 0 radical (unpaired) electrons. The fourth-order valence-corrected chi connectivity index (χ4v) is 2.62. The van der Waals surface area contributed by atoms with Crippen LogP contribution < -0.4 is 11.1 Å². The summed E-state index contributed by atoms with van der Waals surface area (Å²) in [5, 5.41) is 3.17. The Kier molecular flexibility index (Phi) is 6.98. The first-order valence-corrected chi connectivity index (χ1v) is 7.54. The van der Waals surface area contributed by atoms with Crippen molar-refractivity contribution in [1.82, 2.24) is 0 Å². The predicted molar refractivity (Wildman–Crippen MR) is 83.5 cm³/mol. The second-order valence-corrected chi connectivity index (χ2v) is 5.71. The van der Waals surface area contributed by atoms with Crippen molar-refractivity contribution in [2.75, 3.05) is 29.7 Å². The number of methoxy groups -OCH3 is 1. The van der Waals surface area contributed by atoms with E-state index in [1.54, 1.807) is 0 Å². The van der Waals surface area contributed by atoms with Gasteiger partial charge < -0.3 is 15.8 Å². The van der Waals surface area contributed by atoms with Gasteiger partial charge >= 0.3 is 5.97 Å².